The lowest BCUT2D eigenvalue weighted by Gasteiger charge is -2.13. The summed E-state index contributed by atoms with van der Waals surface area (Å²) < 4.78 is 16.1. The van der Waals surface area contributed by atoms with E-state index < -0.39 is 0 Å². The molecule has 3 rings (SSSR count). The number of amides is 2. The number of methoxy groups -OCH3 is 2. The number of ether oxygens (including phenoxy) is 3. The number of anilines is 1. The van der Waals surface area contributed by atoms with Gasteiger partial charge in [-0.05, 0) is 36.4 Å². The summed E-state index contributed by atoms with van der Waals surface area (Å²) in [5.41, 5.74) is 1.44. The first-order chi connectivity index (χ1) is 13.2. The van der Waals surface area contributed by atoms with Crippen LogP contribution in [0.25, 0.3) is 10.9 Å². The Bertz CT molecular complexity index is 930. The molecule has 2 N–H and O–H groups in total. The molecule has 0 saturated heterocycles. The Hall–Kier alpha value is -3.48. The predicted molar refractivity (Wildman–Crippen MR) is 104 cm³/mol. The average Bonchev–Trinajstić information content (AvgIpc) is 2.71. The summed E-state index contributed by atoms with van der Waals surface area (Å²) in [6, 6.07) is 14.4. The number of urea groups is 1. The summed E-state index contributed by atoms with van der Waals surface area (Å²) >= 11 is 0. The van der Waals surface area contributed by atoms with Gasteiger partial charge in [0.2, 0.25) is 0 Å². The van der Waals surface area contributed by atoms with E-state index in [4.69, 9.17) is 14.2 Å². The summed E-state index contributed by atoms with van der Waals surface area (Å²) in [5, 5.41) is 6.49. The Morgan fingerprint density at radius 2 is 1.89 bits per heavy atom. The minimum Gasteiger partial charge on any atom is -0.497 e. The highest BCUT2D eigenvalue weighted by Crippen LogP contribution is 2.28. The molecule has 0 spiro atoms. The van der Waals surface area contributed by atoms with E-state index in [2.05, 4.69) is 15.6 Å². The number of carbonyl (C=O) groups is 1. The summed E-state index contributed by atoms with van der Waals surface area (Å²) in [6.45, 7) is 0.692. The fraction of sp³-hybridized carbons (Fsp3) is 0.200. The maximum atomic E-state index is 12.1. The third-order valence-corrected chi connectivity index (χ3v) is 3.89. The lowest BCUT2D eigenvalue weighted by molar-refractivity contribution is 0.247. The molecule has 7 nitrogen and oxygen atoms in total. The van der Waals surface area contributed by atoms with Crippen LogP contribution in [-0.4, -0.2) is 38.4 Å². The largest absolute Gasteiger partial charge is 0.497 e. The van der Waals surface area contributed by atoms with Crippen LogP contribution in [0.1, 0.15) is 0 Å². The highest BCUT2D eigenvalue weighted by molar-refractivity contribution is 5.91. The van der Waals surface area contributed by atoms with Crippen LogP contribution in [0, 0.1) is 0 Å². The number of hydrogen-bond acceptors (Lipinski definition) is 5. The zero-order valence-corrected chi connectivity index (χ0v) is 15.2. The van der Waals surface area contributed by atoms with Gasteiger partial charge in [0, 0.05) is 17.6 Å². The number of rotatable bonds is 7. The Kier molecular flexibility index (Phi) is 5.94. The van der Waals surface area contributed by atoms with Crippen LogP contribution in [0.5, 0.6) is 17.2 Å². The monoisotopic (exact) mass is 367 g/mol. The topological polar surface area (TPSA) is 81.7 Å². The third kappa shape index (κ3) is 4.78. The van der Waals surface area contributed by atoms with Crippen LogP contribution >= 0.6 is 0 Å². The van der Waals surface area contributed by atoms with E-state index in [-0.39, 0.29) is 6.03 Å². The second-order valence-corrected chi connectivity index (χ2v) is 5.65. The van der Waals surface area contributed by atoms with E-state index in [1.54, 1.807) is 31.5 Å². The zero-order valence-electron chi connectivity index (χ0n) is 15.2. The third-order valence-electron chi connectivity index (χ3n) is 3.89. The molecule has 7 heteroatoms. The van der Waals surface area contributed by atoms with Crippen molar-refractivity contribution in [2.45, 2.75) is 0 Å². The van der Waals surface area contributed by atoms with Crippen LogP contribution in [0.3, 0.4) is 0 Å². The molecule has 0 radical (unpaired) electrons. The maximum absolute atomic E-state index is 12.1. The van der Waals surface area contributed by atoms with Crippen LogP contribution in [-0.2, 0) is 0 Å². The molecule has 0 unspecified atom stereocenters. The standard InChI is InChI=1S/C20H21N3O4/c1-25-15-6-8-19(26-2)18(13-15)23-20(24)22-10-11-27-16-5-7-17-14(12-16)4-3-9-21-17/h3-9,12-13H,10-11H2,1-2H3,(H2,22,23,24). The van der Waals surface area contributed by atoms with E-state index in [1.807, 2.05) is 30.3 Å². The number of benzene rings is 2. The first kappa shape index (κ1) is 18.3. The molecular weight excluding hydrogens is 346 g/mol. The second-order valence-electron chi connectivity index (χ2n) is 5.65. The molecule has 2 amide bonds. The number of aromatic nitrogens is 1. The fourth-order valence-electron chi connectivity index (χ4n) is 2.56. The van der Waals surface area contributed by atoms with Gasteiger partial charge in [0.25, 0.3) is 0 Å². The summed E-state index contributed by atoms with van der Waals surface area (Å²) in [4.78, 5) is 16.4. The number of carbonyl (C=O) groups excluding carboxylic acids is 1. The first-order valence-electron chi connectivity index (χ1n) is 8.44. The number of pyridine rings is 1. The normalized spacial score (nSPS) is 10.3. The Labute approximate surface area is 157 Å². The Balaban J connectivity index is 1.49. The number of fused-ring (bicyclic) bond motifs is 1. The molecule has 140 valence electrons. The van der Waals surface area contributed by atoms with Gasteiger partial charge in [0.15, 0.2) is 0 Å². The predicted octanol–water partition coefficient (Wildman–Crippen LogP) is 3.45. The molecule has 27 heavy (non-hydrogen) atoms. The summed E-state index contributed by atoms with van der Waals surface area (Å²) in [6.07, 6.45) is 1.75. The first-order valence-corrected chi connectivity index (χ1v) is 8.44. The molecule has 1 heterocycles. The van der Waals surface area contributed by atoms with E-state index in [9.17, 15) is 4.79 Å². The van der Waals surface area contributed by atoms with E-state index in [1.165, 1.54) is 7.11 Å². The molecule has 0 aliphatic heterocycles. The minimum atomic E-state index is -0.354. The van der Waals surface area contributed by atoms with Crippen molar-refractivity contribution in [1.82, 2.24) is 10.3 Å². The second kappa shape index (κ2) is 8.75. The van der Waals surface area contributed by atoms with Crippen molar-refractivity contribution in [3.8, 4) is 17.2 Å². The Morgan fingerprint density at radius 3 is 2.70 bits per heavy atom. The van der Waals surface area contributed by atoms with Gasteiger partial charge >= 0.3 is 6.03 Å². The molecule has 0 aliphatic carbocycles. The van der Waals surface area contributed by atoms with Gasteiger partial charge in [-0.3, -0.25) is 4.98 Å². The van der Waals surface area contributed by atoms with Gasteiger partial charge in [0.05, 0.1) is 32.0 Å². The number of nitrogens with zero attached hydrogens (tertiary/aromatic N) is 1. The molecule has 1 aromatic heterocycles. The van der Waals surface area contributed by atoms with Crippen LogP contribution in [0.4, 0.5) is 10.5 Å². The number of hydrogen-bond donors (Lipinski definition) is 2. The molecule has 0 atom stereocenters. The lowest BCUT2D eigenvalue weighted by Crippen LogP contribution is -2.32. The lowest BCUT2D eigenvalue weighted by atomic mass is 10.2. The van der Waals surface area contributed by atoms with Crippen LogP contribution in [0.2, 0.25) is 0 Å². The van der Waals surface area contributed by atoms with Gasteiger partial charge in [0.1, 0.15) is 23.9 Å². The van der Waals surface area contributed by atoms with Gasteiger partial charge in [-0.25, -0.2) is 4.79 Å². The van der Waals surface area contributed by atoms with E-state index in [0.717, 1.165) is 16.7 Å². The summed E-state index contributed by atoms with van der Waals surface area (Å²) in [7, 11) is 3.10. The van der Waals surface area contributed by atoms with Crippen LogP contribution < -0.4 is 24.8 Å². The van der Waals surface area contributed by atoms with Crippen molar-refractivity contribution in [2.75, 3.05) is 32.7 Å². The van der Waals surface area contributed by atoms with Crippen molar-refractivity contribution < 1.29 is 19.0 Å². The van der Waals surface area contributed by atoms with Crippen molar-refractivity contribution >= 4 is 22.6 Å². The van der Waals surface area contributed by atoms with Gasteiger partial charge in [-0.1, -0.05) is 6.07 Å². The maximum Gasteiger partial charge on any atom is 0.319 e. The van der Waals surface area contributed by atoms with Crippen molar-refractivity contribution in [3.05, 3.63) is 54.7 Å². The highest BCUT2D eigenvalue weighted by Gasteiger charge is 2.08. The molecule has 2 aromatic carbocycles. The SMILES string of the molecule is COc1ccc(OC)c(NC(=O)NCCOc2ccc3ncccc3c2)c1. The van der Waals surface area contributed by atoms with E-state index >= 15 is 0 Å². The van der Waals surface area contributed by atoms with Crippen molar-refractivity contribution in [3.63, 3.8) is 0 Å². The van der Waals surface area contributed by atoms with Crippen LogP contribution in [0.15, 0.2) is 54.7 Å². The van der Waals surface area contributed by atoms with Crippen molar-refractivity contribution in [1.29, 1.82) is 0 Å². The molecular formula is C20H21N3O4. The van der Waals surface area contributed by atoms with E-state index in [0.29, 0.717) is 30.3 Å². The highest BCUT2D eigenvalue weighted by atomic mass is 16.5. The molecule has 0 saturated carbocycles. The summed E-state index contributed by atoms with van der Waals surface area (Å²) in [5.74, 6) is 1.90. The molecule has 0 bridgehead atoms. The van der Waals surface area contributed by atoms with Gasteiger partial charge in [-0.2, -0.15) is 0 Å². The fourth-order valence-corrected chi connectivity index (χ4v) is 2.56. The molecule has 3 aromatic rings. The van der Waals surface area contributed by atoms with Crippen molar-refractivity contribution in [2.24, 2.45) is 0 Å². The molecule has 0 fully saturated rings. The number of nitrogens with one attached hydrogen (secondary N) is 2. The average molecular weight is 367 g/mol. The minimum absolute atomic E-state index is 0.342. The zero-order chi connectivity index (χ0) is 19.1. The molecule has 0 aliphatic rings. The quantitative estimate of drug-likeness (QED) is 0.625. The van der Waals surface area contributed by atoms with Gasteiger partial charge < -0.3 is 24.8 Å². The van der Waals surface area contributed by atoms with Gasteiger partial charge in [-0.15, -0.1) is 0 Å². The Morgan fingerprint density at radius 1 is 1.04 bits per heavy atom. The smallest absolute Gasteiger partial charge is 0.319 e.